The van der Waals surface area contributed by atoms with E-state index in [0.29, 0.717) is 32.5 Å². The smallest absolute Gasteiger partial charge is 0.407 e. The van der Waals surface area contributed by atoms with Gasteiger partial charge < -0.3 is 15.0 Å². The minimum atomic E-state index is -3.47. The van der Waals surface area contributed by atoms with Crippen LogP contribution in [-0.2, 0) is 19.4 Å². The molecule has 148 valence electrons. The van der Waals surface area contributed by atoms with Crippen molar-refractivity contribution >= 4 is 21.8 Å². The number of carbonyl (C=O) groups excluding carboxylic acids is 2. The molecule has 2 fully saturated rings. The topological polar surface area (TPSA) is 106 Å². The third-order valence-corrected chi connectivity index (χ3v) is 7.40. The summed E-state index contributed by atoms with van der Waals surface area (Å²) in [5.41, 5.74) is 0.934. The Morgan fingerprint density at radius 1 is 1.33 bits per heavy atom. The van der Waals surface area contributed by atoms with Gasteiger partial charge in [0.2, 0.25) is 5.91 Å². The average molecular weight is 395 g/mol. The van der Waals surface area contributed by atoms with Gasteiger partial charge in [0.25, 0.3) is 0 Å². The molecule has 1 atom stereocenters. The Labute approximate surface area is 159 Å². The van der Waals surface area contributed by atoms with Crippen molar-refractivity contribution in [2.75, 3.05) is 19.7 Å². The average Bonchev–Trinajstić information content (AvgIpc) is 2.96. The number of pyridine rings is 1. The van der Waals surface area contributed by atoms with Gasteiger partial charge in [0, 0.05) is 31.6 Å². The zero-order chi connectivity index (χ0) is 19.8. The SMILES string of the molecule is CC(C)(C)S(=O)(=O)c1ccc(C2CN(C(=O)CC[C@@H]3COC(=O)N3)C2)cn1. The molecule has 0 aliphatic carbocycles. The molecule has 3 heterocycles. The van der Waals surface area contributed by atoms with E-state index >= 15 is 0 Å². The van der Waals surface area contributed by atoms with Gasteiger partial charge in [0.05, 0.1) is 10.8 Å². The van der Waals surface area contributed by atoms with Gasteiger partial charge >= 0.3 is 6.09 Å². The number of carbonyl (C=O) groups is 2. The van der Waals surface area contributed by atoms with Crippen molar-refractivity contribution in [3.8, 4) is 0 Å². The second kappa shape index (κ2) is 7.10. The van der Waals surface area contributed by atoms with Crippen LogP contribution in [0.15, 0.2) is 23.4 Å². The first-order valence-corrected chi connectivity index (χ1v) is 10.5. The molecular weight excluding hydrogens is 370 g/mol. The van der Waals surface area contributed by atoms with Crippen molar-refractivity contribution in [1.82, 2.24) is 15.2 Å². The number of likely N-dealkylation sites (tertiary alicyclic amines) is 1. The molecule has 1 N–H and O–H groups in total. The molecule has 0 bridgehead atoms. The number of hydrogen-bond donors (Lipinski definition) is 1. The second-order valence-electron chi connectivity index (χ2n) is 8.02. The molecule has 8 nitrogen and oxygen atoms in total. The molecule has 27 heavy (non-hydrogen) atoms. The fraction of sp³-hybridized carbons (Fsp3) is 0.611. The van der Waals surface area contributed by atoms with Gasteiger partial charge in [-0.05, 0) is 38.8 Å². The van der Waals surface area contributed by atoms with Crippen molar-refractivity contribution in [2.45, 2.75) is 55.3 Å². The van der Waals surface area contributed by atoms with Gasteiger partial charge in [0.15, 0.2) is 14.9 Å². The number of nitrogens with one attached hydrogen (secondary N) is 1. The summed E-state index contributed by atoms with van der Waals surface area (Å²) in [5.74, 6) is 0.217. The third kappa shape index (κ3) is 4.07. The molecule has 1 aromatic rings. The number of rotatable bonds is 5. The first-order valence-electron chi connectivity index (χ1n) is 8.99. The summed E-state index contributed by atoms with van der Waals surface area (Å²) in [6, 6.07) is 3.23. The van der Waals surface area contributed by atoms with Crippen molar-refractivity contribution < 1.29 is 22.7 Å². The van der Waals surface area contributed by atoms with Gasteiger partial charge in [0.1, 0.15) is 6.61 Å². The maximum Gasteiger partial charge on any atom is 0.407 e. The number of nitrogens with zero attached hydrogens (tertiary/aromatic N) is 2. The Bertz CT molecular complexity index is 824. The molecule has 2 amide bonds. The van der Waals surface area contributed by atoms with Crippen LogP contribution in [0.25, 0.3) is 0 Å². The third-order valence-electron chi connectivity index (χ3n) is 4.99. The van der Waals surface area contributed by atoms with Crippen LogP contribution in [0.4, 0.5) is 4.79 Å². The Morgan fingerprint density at radius 3 is 2.56 bits per heavy atom. The van der Waals surface area contributed by atoms with Crippen LogP contribution >= 0.6 is 0 Å². The maximum absolute atomic E-state index is 12.4. The van der Waals surface area contributed by atoms with Crippen LogP contribution in [0.3, 0.4) is 0 Å². The highest BCUT2D eigenvalue weighted by atomic mass is 32.2. The number of cyclic esters (lactones) is 1. The van der Waals surface area contributed by atoms with E-state index in [-0.39, 0.29) is 22.9 Å². The number of sulfone groups is 1. The fourth-order valence-electron chi connectivity index (χ4n) is 3.04. The number of hydrogen-bond acceptors (Lipinski definition) is 6. The van der Waals surface area contributed by atoms with Gasteiger partial charge in [-0.15, -0.1) is 0 Å². The summed E-state index contributed by atoms with van der Waals surface area (Å²) in [6.45, 7) is 6.45. The Hall–Kier alpha value is -2.16. The quantitative estimate of drug-likeness (QED) is 0.809. The van der Waals surface area contributed by atoms with Crippen LogP contribution in [0.1, 0.15) is 45.1 Å². The Balaban J connectivity index is 1.50. The van der Waals surface area contributed by atoms with Crippen LogP contribution < -0.4 is 5.32 Å². The van der Waals surface area contributed by atoms with Crippen LogP contribution in [-0.4, -0.2) is 60.8 Å². The summed E-state index contributed by atoms with van der Waals surface area (Å²) in [7, 11) is -3.47. The van der Waals surface area contributed by atoms with E-state index in [0.717, 1.165) is 5.56 Å². The van der Waals surface area contributed by atoms with E-state index in [9.17, 15) is 18.0 Å². The Kier molecular flexibility index (Phi) is 5.16. The summed E-state index contributed by atoms with van der Waals surface area (Å²) >= 11 is 0. The lowest BCUT2D eigenvalue weighted by Crippen LogP contribution is -2.48. The molecule has 0 aromatic carbocycles. The van der Waals surface area contributed by atoms with Crippen LogP contribution in [0.5, 0.6) is 0 Å². The lowest BCUT2D eigenvalue weighted by Gasteiger charge is -2.39. The van der Waals surface area contributed by atoms with Crippen molar-refractivity contribution in [1.29, 1.82) is 0 Å². The minimum Gasteiger partial charge on any atom is -0.447 e. The van der Waals surface area contributed by atoms with E-state index in [1.165, 1.54) is 0 Å². The molecular formula is C18H25N3O5S. The predicted molar refractivity (Wildman–Crippen MR) is 98.0 cm³/mol. The maximum atomic E-state index is 12.4. The molecule has 2 saturated heterocycles. The fourth-order valence-corrected chi connectivity index (χ4v) is 4.10. The van der Waals surface area contributed by atoms with Crippen LogP contribution in [0, 0.1) is 0 Å². The van der Waals surface area contributed by atoms with Gasteiger partial charge in [-0.25, -0.2) is 18.2 Å². The number of amides is 2. The van der Waals surface area contributed by atoms with E-state index in [4.69, 9.17) is 4.74 Å². The van der Waals surface area contributed by atoms with Crippen molar-refractivity contribution in [2.24, 2.45) is 0 Å². The highest BCUT2D eigenvalue weighted by molar-refractivity contribution is 7.92. The lowest BCUT2D eigenvalue weighted by atomic mass is 9.92. The zero-order valence-electron chi connectivity index (χ0n) is 15.8. The standard InChI is InChI=1S/C18H25N3O5S/c1-18(2,3)27(24,25)15-6-4-12(8-19-15)13-9-21(10-13)16(22)7-5-14-11-26-17(23)20-14/h4,6,8,13-14H,5,7,9-11H2,1-3H3,(H,20,23)/t14-/m1/s1. The summed E-state index contributed by atoms with van der Waals surface area (Å²) in [5, 5.41) is 2.73. The summed E-state index contributed by atoms with van der Waals surface area (Å²) in [4.78, 5) is 29.1. The summed E-state index contributed by atoms with van der Waals surface area (Å²) in [6.07, 6.45) is 2.09. The second-order valence-corrected chi connectivity index (χ2v) is 10.7. The normalized spacial score (nSPS) is 20.8. The molecule has 1 aromatic heterocycles. The molecule has 2 aliphatic rings. The highest BCUT2D eigenvalue weighted by Crippen LogP contribution is 2.29. The summed E-state index contributed by atoms with van der Waals surface area (Å²) < 4.78 is 28.7. The first-order chi connectivity index (χ1) is 12.6. The zero-order valence-corrected chi connectivity index (χ0v) is 16.6. The van der Waals surface area contributed by atoms with E-state index < -0.39 is 20.7 Å². The van der Waals surface area contributed by atoms with Gasteiger partial charge in [-0.2, -0.15) is 0 Å². The molecule has 3 rings (SSSR count). The highest BCUT2D eigenvalue weighted by Gasteiger charge is 2.34. The first kappa shape index (κ1) is 19.6. The number of alkyl carbamates (subject to hydrolysis) is 1. The largest absolute Gasteiger partial charge is 0.447 e. The number of ether oxygens (including phenoxy) is 1. The van der Waals surface area contributed by atoms with E-state index in [1.807, 2.05) is 0 Å². The molecule has 0 unspecified atom stereocenters. The number of aromatic nitrogens is 1. The monoisotopic (exact) mass is 395 g/mol. The van der Waals surface area contributed by atoms with Gasteiger partial charge in [-0.1, -0.05) is 6.07 Å². The van der Waals surface area contributed by atoms with Crippen molar-refractivity contribution in [3.63, 3.8) is 0 Å². The molecule has 0 radical (unpaired) electrons. The van der Waals surface area contributed by atoms with Crippen molar-refractivity contribution in [3.05, 3.63) is 23.9 Å². The molecule has 0 spiro atoms. The van der Waals surface area contributed by atoms with Crippen LogP contribution in [0.2, 0.25) is 0 Å². The van der Waals surface area contributed by atoms with E-state index in [1.54, 1.807) is 44.0 Å². The molecule has 0 saturated carbocycles. The minimum absolute atomic E-state index is 0.0484. The predicted octanol–water partition coefficient (Wildman–Crippen LogP) is 1.47. The van der Waals surface area contributed by atoms with E-state index in [2.05, 4.69) is 10.3 Å². The molecule has 9 heteroatoms. The Morgan fingerprint density at radius 2 is 2.04 bits per heavy atom. The molecule has 2 aliphatic heterocycles. The lowest BCUT2D eigenvalue weighted by molar-refractivity contribution is -0.135. The van der Waals surface area contributed by atoms with Gasteiger partial charge in [-0.3, -0.25) is 4.79 Å².